The van der Waals surface area contributed by atoms with E-state index in [9.17, 15) is 4.79 Å². The van der Waals surface area contributed by atoms with Crippen LogP contribution in [0.3, 0.4) is 0 Å². The number of urea groups is 1. The molecule has 21 heavy (non-hydrogen) atoms. The molecule has 0 heterocycles. The molecule has 0 unspecified atom stereocenters. The van der Waals surface area contributed by atoms with Gasteiger partial charge in [0.2, 0.25) is 0 Å². The Kier molecular flexibility index (Phi) is 5.21. The Hall–Kier alpha value is -2.49. The largest absolute Gasteiger partial charge is 0.385 e. The standard InChI is InChI=1S/C17H21N3O/c1-13(2)12-18-14-8-10-16(11-9-14)20-17(21)19-15-6-4-3-5-7-15/h3-11,13,18H,12H2,1-2H3,(H2,19,20,21). The second-order valence-electron chi connectivity index (χ2n) is 5.30. The van der Waals surface area contributed by atoms with Crippen LogP contribution in [0.15, 0.2) is 54.6 Å². The number of benzene rings is 2. The monoisotopic (exact) mass is 283 g/mol. The molecule has 2 rings (SSSR count). The zero-order chi connectivity index (χ0) is 15.1. The summed E-state index contributed by atoms with van der Waals surface area (Å²) in [5.41, 5.74) is 2.58. The average molecular weight is 283 g/mol. The van der Waals surface area contributed by atoms with Gasteiger partial charge in [-0.05, 0) is 42.3 Å². The van der Waals surface area contributed by atoms with Crippen molar-refractivity contribution in [3.8, 4) is 0 Å². The van der Waals surface area contributed by atoms with E-state index in [-0.39, 0.29) is 6.03 Å². The van der Waals surface area contributed by atoms with Gasteiger partial charge in [0.1, 0.15) is 0 Å². The van der Waals surface area contributed by atoms with Gasteiger partial charge in [-0.15, -0.1) is 0 Å². The molecule has 0 atom stereocenters. The van der Waals surface area contributed by atoms with Crippen LogP contribution in [0.4, 0.5) is 21.9 Å². The molecule has 0 aliphatic heterocycles. The Bertz CT molecular complexity index is 564. The lowest BCUT2D eigenvalue weighted by atomic mass is 10.2. The van der Waals surface area contributed by atoms with Gasteiger partial charge in [-0.3, -0.25) is 0 Å². The molecular weight excluding hydrogens is 262 g/mol. The quantitative estimate of drug-likeness (QED) is 0.762. The Morgan fingerprint density at radius 2 is 1.38 bits per heavy atom. The third-order valence-electron chi connectivity index (χ3n) is 2.89. The first-order valence-electron chi connectivity index (χ1n) is 7.10. The first kappa shape index (κ1) is 14.9. The molecule has 0 spiro atoms. The predicted octanol–water partition coefficient (Wildman–Crippen LogP) is 4.40. The Balaban J connectivity index is 1.86. The van der Waals surface area contributed by atoms with Gasteiger partial charge in [-0.2, -0.15) is 0 Å². The van der Waals surface area contributed by atoms with Crippen molar-refractivity contribution in [2.75, 3.05) is 22.5 Å². The van der Waals surface area contributed by atoms with Crippen LogP contribution >= 0.6 is 0 Å². The number of carbonyl (C=O) groups excluding carboxylic acids is 1. The summed E-state index contributed by atoms with van der Waals surface area (Å²) in [6.07, 6.45) is 0. The maximum absolute atomic E-state index is 11.8. The smallest absolute Gasteiger partial charge is 0.323 e. The first-order valence-corrected chi connectivity index (χ1v) is 7.10. The fourth-order valence-corrected chi connectivity index (χ4v) is 1.81. The molecule has 0 bridgehead atoms. The topological polar surface area (TPSA) is 53.2 Å². The van der Waals surface area contributed by atoms with Gasteiger partial charge >= 0.3 is 6.03 Å². The highest BCUT2D eigenvalue weighted by molar-refractivity contribution is 5.99. The van der Waals surface area contributed by atoms with Crippen molar-refractivity contribution in [1.82, 2.24) is 0 Å². The fraction of sp³-hybridized carbons (Fsp3) is 0.235. The lowest BCUT2D eigenvalue weighted by Crippen LogP contribution is -2.19. The van der Waals surface area contributed by atoms with Gasteiger partial charge in [-0.1, -0.05) is 32.0 Å². The molecule has 0 radical (unpaired) electrons. The normalized spacial score (nSPS) is 10.2. The van der Waals surface area contributed by atoms with E-state index in [0.717, 1.165) is 23.6 Å². The summed E-state index contributed by atoms with van der Waals surface area (Å²) < 4.78 is 0. The highest BCUT2D eigenvalue weighted by atomic mass is 16.2. The van der Waals surface area contributed by atoms with Crippen molar-refractivity contribution in [3.63, 3.8) is 0 Å². The van der Waals surface area contributed by atoms with Crippen molar-refractivity contribution in [3.05, 3.63) is 54.6 Å². The number of rotatable bonds is 5. The molecule has 0 aliphatic rings. The third kappa shape index (κ3) is 5.18. The van der Waals surface area contributed by atoms with E-state index in [2.05, 4.69) is 29.8 Å². The number of carbonyl (C=O) groups is 1. The van der Waals surface area contributed by atoms with E-state index >= 15 is 0 Å². The number of nitrogens with one attached hydrogen (secondary N) is 3. The van der Waals surface area contributed by atoms with Crippen molar-refractivity contribution in [1.29, 1.82) is 0 Å². The predicted molar refractivity (Wildman–Crippen MR) is 88.9 cm³/mol. The van der Waals surface area contributed by atoms with Crippen LogP contribution in [-0.2, 0) is 0 Å². The average Bonchev–Trinajstić information content (AvgIpc) is 2.47. The molecule has 2 aromatic carbocycles. The van der Waals surface area contributed by atoms with Crippen LogP contribution in [0.25, 0.3) is 0 Å². The van der Waals surface area contributed by atoms with Gasteiger partial charge in [-0.25, -0.2) is 4.79 Å². The Morgan fingerprint density at radius 3 is 1.95 bits per heavy atom. The highest BCUT2D eigenvalue weighted by Crippen LogP contribution is 2.14. The zero-order valence-electron chi connectivity index (χ0n) is 12.4. The van der Waals surface area contributed by atoms with E-state index in [4.69, 9.17) is 0 Å². The summed E-state index contributed by atoms with van der Waals surface area (Å²) in [6, 6.07) is 16.8. The van der Waals surface area contributed by atoms with Crippen molar-refractivity contribution >= 4 is 23.1 Å². The zero-order valence-corrected chi connectivity index (χ0v) is 12.4. The van der Waals surface area contributed by atoms with Gasteiger partial charge < -0.3 is 16.0 Å². The summed E-state index contributed by atoms with van der Waals surface area (Å²) >= 11 is 0. The lowest BCUT2D eigenvalue weighted by Gasteiger charge is -2.10. The Morgan fingerprint density at radius 1 is 0.857 bits per heavy atom. The minimum Gasteiger partial charge on any atom is -0.385 e. The maximum atomic E-state index is 11.8. The molecule has 110 valence electrons. The van der Waals surface area contributed by atoms with Gasteiger partial charge in [0.15, 0.2) is 0 Å². The van der Waals surface area contributed by atoms with Gasteiger partial charge in [0.25, 0.3) is 0 Å². The highest BCUT2D eigenvalue weighted by Gasteiger charge is 2.02. The molecule has 4 heteroatoms. The second-order valence-corrected chi connectivity index (χ2v) is 5.30. The first-order chi connectivity index (χ1) is 10.1. The summed E-state index contributed by atoms with van der Waals surface area (Å²) in [4.78, 5) is 11.8. The second kappa shape index (κ2) is 7.33. The third-order valence-corrected chi connectivity index (χ3v) is 2.89. The SMILES string of the molecule is CC(C)CNc1ccc(NC(=O)Nc2ccccc2)cc1. The minimum absolute atomic E-state index is 0.246. The summed E-state index contributed by atoms with van der Waals surface area (Å²) in [5.74, 6) is 0.597. The molecule has 2 amide bonds. The molecule has 0 aliphatic carbocycles. The molecule has 2 aromatic rings. The molecule has 0 aromatic heterocycles. The molecule has 3 N–H and O–H groups in total. The van der Waals surface area contributed by atoms with Crippen molar-refractivity contribution < 1.29 is 4.79 Å². The van der Waals surface area contributed by atoms with Crippen LogP contribution in [0.2, 0.25) is 0 Å². The lowest BCUT2D eigenvalue weighted by molar-refractivity contribution is 0.262. The number of anilines is 3. The van der Waals surface area contributed by atoms with E-state index in [1.54, 1.807) is 0 Å². The van der Waals surface area contributed by atoms with Crippen LogP contribution in [0.5, 0.6) is 0 Å². The van der Waals surface area contributed by atoms with Gasteiger partial charge in [0.05, 0.1) is 0 Å². The van der Waals surface area contributed by atoms with E-state index in [0.29, 0.717) is 5.92 Å². The molecular formula is C17H21N3O. The van der Waals surface area contributed by atoms with E-state index < -0.39 is 0 Å². The Labute approximate surface area is 125 Å². The van der Waals surface area contributed by atoms with Gasteiger partial charge in [0, 0.05) is 23.6 Å². The van der Waals surface area contributed by atoms with Crippen molar-refractivity contribution in [2.45, 2.75) is 13.8 Å². The fourth-order valence-electron chi connectivity index (χ4n) is 1.81. The number of hydrogen-bond donors (Lipinski definition) is 3. The van der Waals surface area contributed by atoms with Crippen molar-refractivity contribution in [2.24, 2.45) is 5.92 Å². The molecule has 0 saturated carbocycles. The summed E-state index contributed by atoms with van der Waals surface area (Å²) in [6.45, 7) is 5.26. The summed E-state index contributed by atoms with van der Waals surface area (Å²) in [5, 5.41) is 8.92. The molecule has 4 nitrogen and oxygen atoms in total. The van der Waals surface area contributed by atoms with E-state index in [1.165, 1.54) is 0 Å². The number of amides is 2. The number of hydrogen-bond acceptors (Lipinski definition) is 2. The van der Waals surface area contributed by atoms with Crippen LogP contribution < -0.4 is 16.0 Å². The molecule has 0 saturated heterocycles. The van der Waals surface area contributed by atoms with Crippen LogP contribution in [-0.4, -0.2) is 12.6 Å². The summed E-state index contributed by atoms with van der Waals surface area (Å²) in [7, 11) is 0. The van der Waals surface area contributed by atoms with Crippen LogP contribution in [0.1, 0.15) is 13.8 Å². The minimum atomic E-state index is -0.246. The number of para-hydroxylation sites is 1. The van der Waals surface area contributed by atoms with E-state index in [1.807, 2.05) is 54.6 Å². The van der Waals surface area contributed by atoms with Crippen LogP contribution in [0, 0.1) is 5.92 Å². The molecule has 0 fully saturated rings. The maximum Gasteiger partial charge on any atom is 0.323 e.